The number of aromatic amines is 1. The highest BCUT2D eigenvalue weighted by Gasteiger charge is 2.35. The molecule has 0 radical (unpaired) electrons. The van der Waals surface area contributed by atoms with E-state index in [1.807, 2.05) is 12.1 Å². The minimum atomic E-state index is 0.172. The van der Waals surface area contributed by atoms with E-state index >= 15 is 0 Å². The molecule has 1 aliphatic carbocycles. The number of nitrogens with zero attached hydrogens (tertiary/aromatic N) is 1. The van der Waals surface area contributed by atoms with E-state index in [0.29, 0.717) is 0 Å². The van der Waals surface area contributed by atoms with E-state index in [1.54, 1.807) is 7.11 Å². The number of pyridine rings is 1. The number of para-hydroxylation sites is 1. The first kappa shape index (κ1) is 22.8. The van der Waals surface area contributed by atoms with Crippen LogP contribution < -0.4 is 10.1 Å². The lowest BCUT2D eigenvalue weighted by Gasteiger charge is -2.37. The Morgan fingerprint density at radius 2 is 1.69 bits per heavy atom. The number of benzene rings is 3. The molecular weight excluding hydrogens is 442 g/mol. The summed E-state index contributed by atoms with van der Waals surface area (Å²) in [5.74, 6) is 0.877. The number of fused-ring (bicyclic) bond motifs is 5. The fraction of sp³-hybridized carbons (Fsp3) is 0.281. The third-order valence-electron chi connectivity index (χ3n) is 7.52. The van der Waals surface area contributed by atoms with Gasteiger partial charge in [-0.25, -0.2) is 0 Å². The van der Waals surface area contributed by atoms with Crippen molar-refractivity contribution >= 4 is 21.8 Å². The number of nitrogens with one attached hydrogen (secondary N) is 2. The van der Waals surface area contributed by atoms with Crippen LogP contribution >= 0.6 is 0 Å². The Hall–Kier alpha value is -3.63. The second-order valence-corrected chi connectivity index (χ2v) is 10.8. The van der Waals surface area contributed by atoms with Crippen LogP contribution in [0.5, 0.6) is 5.75 Å². The van der Waals surface area contributed by atoms with Crippen LogP contribution in [0, 0.1) is 5.41 Å². The maximum absolute atomic E-state index is 5.37. The standard InChI is InChI=1S/C32H33N3O/c1-32(2)18-27(33-20-22-9-5-4-6-10-22)30-28(19-32)34-26(17-21-13-15-23(36-3)16-14-21)31-29(30)24-11-7-8-12-25(24)35-31/h4-16,27,33,35H,17-20H2,1-3H3. The van der Waals surface area contributed by atoms with Crippen molar-refractivity contribution in [2.24, 2.45) is 5.41 Å². The summed E-state index contributed by atoms with van der Waals surface area (Å²) < 4.78 is 5.36. The zero-order valence-corrected chi connectivity index (χ0v) is 21.3. The van der Waals surface area contributed by atoms with Gasteiger partial charge in [-0.05, 0) is 47.6 Å². The van der Waals surface area contributed by atoms with E-state index in [9.17, 15) is 0 Å². The third-order valence-corrected chi connectivity index (χ3v) is 7.52. The molecule has 0 spiro atoms. The molecule has 4 nitrogen and oxygen atoms in total. The number of H-pyrrole nitrogens is 1. The Labute approximate surface area is 212 Å². The van der Waals surface area contributed by atoms with Crippen molar-refractivity contribution in [3.05, 3.63) is 107 Å². The zero-order chi connectivity index (χ0) is 24.7. The minimum absolute atomic E-state index is 0.172. The molecule has 36 heavy (non-hydrogen) atoms. The summed E-state index contributed by atoms with van der Waals surface area (Å²) in [6.45, 7) is 5.59. The van der Waals surface area contributed by atoms with E-state index in [4.69, 9.17) is 9.72 Å². The lowest BCUT2D eigenvalue weighted by atomic mass is 9.72. The summed E-state index contributed by atoms with van der Waals surface area (Å²) in [4.78, 5) is 9.11. The number of ether oxygens (including phenoxy) is 1. The van der Waals surface area contributed by atoms with Gasteiger partial charge < -0.3 is 15.0 Å². The SMILES string of the molecule is COc1ccc(Cc2nc3c(c4c2[nH]c2ccccc24)C(NCc2ccccc2)CC(C)(C)C3)cc1. The highest BCUT2D eigenvalue weighted by molar-refractivity contribution is 6.10. The smallest absolute Gasteiger partial charge is 0.118 e. The average molecular weight is 476 g/mol. The first-order valence-electron chi connectivity index (χ1n) is 12.8. The molecule has 6 rings (SSSR count). The molecule has 182 valence electrons. The molecule has 2 heterocycles. The van der Waals surface area contributed by atoms with Gasteiger partial charge >= 0.3 is 0 Å². The molecule has 2 N–H and O–H groups in total. The summed E-state index contributed by atoms with van der Waals surface area (Å²) >= 11 is 0. The van der Waals surface area contributed by atoms with Crippen LogP contribution in [-0.2, 0) is 19.4 Å². The number of methoxy groups -OCH3 is 1. The van der Waals surface area contributed by atoms with E-state index in [-0.39, 0.29) is 11.5 Å². The molecule has 5 aromatic rings. The van der Waals surface area contributed by atoms with Gasteiger partial charge in [0.15, 0.2) is 0 Å². The Morgan fingerprint density at radius 1 is 0.944 bits per heavy atom. The fourth-order valence-electron chi connectivity index (χ4n) is 5.83. The van der Waals surface area contributed by atoms with Gasteiger partial charge in [-0.15, -0.1) is 0 Å². The van der Waals surface area contributed by atoms with Crippen molar-refractivity contribution in [2.75, 3.05) is 7.11 Å². The first-order chi connectivity index (χ1) is 17.5. The van der Waals surface area contributed by atoms with Gasteiger partial charge in [0.1, 0.15) is 5.75 Å². The molecule has 0 amide bonds. The Morgan fingerprint density at radius 3 is 2.47 bits per heavy atom. The number of hydrogen-bond donors (Lipinski definition) is 2. The second-order valence-electron chi connectivity index (χ2n) is 10.8. The van der Waals surface area contributed by atoms with Crippen LogP contribution in [0.4, 0.5) is 0 Å². The summed E-state index contributed by atoms with van der Waals surface area (Å²) in [5, 5.41) is 6.53. The maximum atomic E-state index is 5.37. The predicted octanol–water partition coefficient (Wildman–Crippen LogP) is 7.12. The van der Waals surface area contributed by atoms with Gasteiger partial charge in [-0.3, -0.25) is 4.98 Å². The van der Waals surface area contributed by atoms with Gasteiger partial charge in [0.05, 0.1) is 18.3 Å². The van der Waals surface area contributed by atoms with E-state index < -0.39 is 0 Å². The Kier molecular flexibility index (Phi) is 5.77. The van der Waals surface area contributed by atoms with E-state index in [0.717, 1.165) is 42.8 Å². The van der Waals surface area contributed by atoms with Crippen LogP contribution in [0.2, 0.25) is 0 Å². The van der Waals surface area contributed by atoms with E-state index in [1.165, 1.54) is 38.7 Å². The van der Waals surface area contributed by atoms with Crippen molar-refractivity contribution < 1.29 is 4.74 Å². The molecule has 0 fully saturated rings. The molecule has 0 saturated carbocycles. The molecule has 1 atom stereocenters. The van der Waals surface area contributed by atoms with Crippen molar-refractivity contribution in [3.63, 3.8) is 0 Å². The number of rotatable bonds is 6. The molecular formula is C32H33N3O. The quantitative estimate of drug-likeness (QED) is 0.275. The molecule has 0 aliphatic heterocycles. The summed E-state index contributed by atoms with van der Waals surface area (Å²) in [6, 6.07) is 28.0. The molecule has 3 aromatic carbocycles. The van der Waals surface area contributed by atoms with Crippen molar-refractivity contribution in [1.82, 2.24) is 15.3 Å². The summed E-state index contributed by atoms with van der Waals surface area (Å²) in [5.41, 5.74) is 8.77. The van der Waals surface area contributed by atoms with Crippen molar-refractivity contribution in [2.45, 2.75) is 45.7 Å². The summed E-state index contributed by atoms with van der Waals surface area (Å²) in [7, 11) is 1.71. The fourth-order valence-corrected chi connectivity index (χ4v) is 5.83. The molecule has 4 heteroatoms. The lowest BCUT2D eigenvalue weighted by Crippen LogP contribution is -2.34. The van der Waals surface area contributed by atoms with Gasteiger partial charge in [-0.2, -0.15) is 0 Å². The Bertz CT molecular complexity index is 1520. The van der Waals surface area contributed by atoms with Crippen LogP contribution in [0.1, 0.15) is 54.4 Å². The molecule has 1 unspecified atom stereocenters. The number of hydrogen-bond acceptors (Lipinski definition) is 3. The molecule has 0 bridgehead atoms. The van der Waals surface area contributed by atoms with Crippen LogP contribution in [0.15, 0.2) is 78.9 Å². The van der Waals surface area contributed by atoms with Crippen LogP contribution in [0.25, 0.3) is 21.8 Å². The van der Waals surface area contributed by atoms with E-state index in [2.05, 4.69) is 90.9 Å². The lowest BCUT2D eigenvalue weighted by molar-refractivity contribution is 0.254. The van der Waals surface area contributed by atoms with Gasteiger partial charge in [0.25, 0.3) is 0 Å². The largest absolute Gasteiger partial charge is 0.497 e. The maximum Gasteiger partial charge on any atom is 0.118 e. The summed E-state index contributed by atoms with van der Waals surface area (Å²) in [6.07, 6.45) is 2.85. The molecule has 0 saturated heterocycles. The number of aromatic nitrogens is 2. The van der Waals surface area contributed by atoms with Gasteiger partial charge in [0.2, 0.25) is 0 Å². The zero-order valence-electron chi connectivity index (χ0n) is 21.3. The van der Waals surface area contributed by atoms with Crippen molar-refractivity contribution in [3.8, 4) is 5.75 Å². The van der Waals surface area contributed by atoms with Gasteiger partial charge in [0, 0.05) is 46.6 Å². The topological polar surface area (TPSA) is 49.9 Å². The van der Waals surface area contributed by atoms with Crippen LogP contribution in [-0.4, -0.2) is 17.1 Å². The minimum Gasteiger partial charge on any atom is -0.497 e. The van der Waals surface area contributed by atoms with Crippen LogP contribution in [0.3, 0.4) is 0 Å². The second kappa shape index (κ2) is 9.11. The predicted molar refractivity (Wildman–Crippen MR) is 148 cm³/mol. The first-order valence-corrected chi connectivity index (χ1v) is 12.8. The average Bonchev–Trinajstić information content (AvgIpc) is 3.27. The highest BCUT2D eigenvalue weighted by Crippen LogP contribution is 2.45. The molecule has 2 aromatic heterocycles. The normalized spacial score (nSPS) is 16.8. The third kappa shape index (κ3) is 4.27. The van der Waals surface area contributed by atoms with Crippen molar-refractivity contribution in [1.29, 1.82) is 0 Å². The van der Waals surface area contributed by atoms with Gasteiger partial charge in [-0.1, -0.05) is 74.5 Å². The molecule has 1 aliphatic rings. The highest BCUT2D eigenvalue weighted by atomic mass is 16.5. The monoisotopic (exact) mass is 475 g/mol. The Balaban J connectivity index is 1.50.